The molecular weight excluding hydrogens is 318 g/mol. The van der Waals surface area contributed by atoms with Crippen LogP contribution in [0.3, 0.4) is 0 Å². The Bertz CT molecular complexity index is 824. The number of Topliss-reactive ketones (excluding diaryl/α,β-unsaturated/α-hetero) is 1. The highest BCUT2D eigenvalue weighted by atomic mass is 32.1. The number of carbonyl (C=O) groups excluding carboxylic acids is 1. The molecule has 4 nitrogen and oxygen atoms in total. The van der Waals surface area contributed by atoms with Crippen molar-refractivity contribution in [1.29, 1.82) is 0 Å². The summed E-state index contributed by atoms with van der Waals surface area (Å²) in [4.78, 5) is 14.0. The lowest BCUT2D eigenvalue weighted by Crippen LogP contribution is -2.36. The zero-order chi connectivity index (χ0) is 17.1. The van der Waals surface area contributed by atoms with Gasteiger partial charge in [-0.3, -0.25) is 4.79 Å². The number of hydrogen-bond donors (Lipinski definition) is 1. The maximum Gasteiger partial charge on any atom is 0.143 e. The van der Waals surface area contributed by atoms with Crippen molar-refractivity contribution in [2.45, 2.75) is 52.0 Å². The zero-order valence-electron chi connectivity index (χ0n) is 14.6. The summed E-state index contributed by atoms with van der Waals surface area (Å²) in [5, 5.41) is 10.5. The van der Waals surface area contributed by atoms with E-state index in [0.29, 0.717) is 12.2 Å². The van der Waals surface area contributed by atoms with E-state index in [4.69, 9.17) is 5.10 Å². The van der Waals surface area contributed by atoms with Crippen molar-refractivity contribution >= 4 is 22.9 Å². The van der Waals surface area contributed by atoms with Crippen molar-refractivity contribution in [1.82, 2.24) is 9.78 Å². The molecule has 0 bridgehead atoms. The van der Waals surface area contributed by atoms with Gasteiger partial charge in [-0.05, 0) is 45.6 Å². The van der Waals surface area contributed by atoms with Crippen LogP contribution in [0.2, 0.25) is 0 Å². The first-order valence-electron chi connectivity index (χ1n) is 8.51. The molecule has 24 heavy (non-hydrogen) atoms. The van der Waals surface area contributed by atoms with Crippen LogP contribution in [0.4, 0.5) is 5.82 Å². The predicted molar refractivity (Wildman–Crippen MR) is 97.6 cm³/mol. The van der Waals surface area contributed by atoms with E-state index in [0.717, 1.165) is 23.6 Å². The van der Waals surface area contributed by atoms with Gasteiger partial charge in [0, 0.05) is 28.5 Å². The van der Waals surface area contributed by atoms with Crippen LogP contribution in [-0.2, 0) is 10.3 Å². The number of allylic oxidation sites excluding steroid dienone is 2. The maximum atomic E-state index is 12.8. The Kier molecular flexibility index (Phi) is 3.46. The minimum absolute atomic E-state index is 0.0800. The summed E-state index contributed by atoms with van der Waals surface area (Å²) in [5.41, 5.74) is 3.15. The number of nitrogens with zero attached hydrogens (tertiary/aromatic N) is 2. The summed E-state index contributed by atoms with van der Waals surface area (Å²) in [6, 6.07) is 4.22. The minimum atomic E-state index is -0.114. The number of ketones is 1. The normalized spacial score (nSPS) is 23.3. The molecule has 0 aromatic carbocycles. The number of aryl methyl sites for hydroxylation is 1. The van der Waals surface area contributed by atoms with Crippen molar-refractivity contribution in [2.24, 2.45) is 5.92 Å². The molecule has 1 aliphatic carbocycles. The number of anilines is 1. The van der Waals surface area contributed by atoms with Gasteiger partial charge >= 0.3 is 0 Å². The standard InChI is InChI=1S/C19H23N3OS/c1-11-15-17(14-9-6-10-24-14)16-12(7-5-8-13(16)23)20-18(15)22(21-11)19(2,3)4/h6-7,9-10,16-17,20H,5,8H2,1-4H3/t16-,17+/m0/s1. The second-order valence-corrected chi connectivity index (χ2v) is 8.67. The Morgan fingerprint density at radius 1 is 1.33 bits per heavy atom. The van der Waals surface area contributed by atoms with Crippen molar-refractivity contribution in [3.8, 4) is 0 Å². The summed E-state index contributed by atoms with van der Waals surface area (Å²) in [6.07, 6.45) is 3.66. The molecule has 2 aromatic rings. The molecule has 0 saturated carbocycles. The molecule has 2 aliphatic rings. The smallest absolute Gasteiger partial charge is 0.143 e. The van der Waals surface area contributed by atoms with Gasteiger partial charge in [-0.2, -0.15) is 5.10 Å². The van der Waals surface area contributed by atoms with Crippen LogP contribution >= 0.6 is 11.3 Å². The van der Waals surface area contributed by atoms with Gasteiger partial charge in [0.25, 0.3) is 0 Å². The Morgan fingerprint density at radius 3 is 2.79 bits per heavy atom. The van der Waals surface area contributed by atoms with Gasteiger partial charge < -0.3 is 5.32 Å². The van der Waals surface area contributed by atoms with Gasteiger partial charge in [0.15, 0.2) is 0 Å². The van der Waals surface area contributed by atoms with E-state index in [9.17, 15) is 4.79 Å². The molecule has 0 radical (unpaired) electrons. The molecule has 0 amide bonds. The van der Waals surface area contributed by atoms with Crippen molar-refractivity contribution in [3.63, 3.8) is 0 Å². The fourth-order valence-electron chi connectivity index (χ4n) is 3.92. The number of nitrogens with one attached hydrogen (secondary N) is 1. The molecular formula is C19H23N3OS. The number of carbonyl (C=O) groups is 1. The Labute approximate surface area is 146 Å². The number of hydrogen-bond acceptors (Lipinski definition) is 4. The van der Waals surface area contributed by atoms with E-state index < -0.39 is 0 Å². The molecule has 2 atom stereocenters. The summed E-state index contributed by atoms with van der Waals surface area (Å²) < 4.78 is 2.08. The number of thiophene rings is 1. The highest BCUT2D eigenvalue weighted by Crippen LogP contribution is 2.49. The van der Waals surface area contributed by atoms with Crippen LogP contribution in [0, 0.1) is 12.8 Å². The summed E-state index contributed by atoms with van der Waals surface area (Å²) in [5.74, 6) is 1.38. The molecule has 3 heterocycles. The summed E-state index contributed by atoms with van der Waals surface area (Å²) >= 11 is 1.73. The lowest BCUT2D eigenvalue weighted by molar-refractivity contribution is -0.122. The summed E-state index contributed by atoms with van der Waals surface area (Å²) in [6.45, 7) is 8.54. The van der Waals surface area contributed by atoms with E-state index in [1.165, 1.54) is 10.4 Å². The minimum Gasteiger partial charge on any atom is -0.343 e. The molecule has 4 rings (SSSR count). The molecule has 0 saturated heterocycles. The van der Waals surface area contributed by atoms with Crippen LogP contribution in [0.1, 0.15) is 55.7 Å². The summed E-state index contributed by atoms with van der Waals surface area (Å²) in [7, 11) is 0. The second-order valence-electron chi connectivity index (χ2n) is 7.69. The monoisotopic (exact) mass is 341 g/mol. The number of fused-ring (bicyclic) bond motifs is 2. The average Bonchev–Trinajstić information content (AvgIpc) is 3.13. The van der Waals surface area contributed by atoms with Gasteiger partial charge in [-0.15, -0.1) is 11.3 Å². The molecule has 126 valence electrons. The number of rotatable bonds is 1. The maximum absolute atomic E-state index is 12.8. The van der Waals surface area contributed by atoms with E-state index in [-0.39, 0.29) is 17.4 Å². The first-order chi connectivity index (χ1) is 11.4. The molecule has 5 heteroatoms. The second kappa shape index (κ2) is 5.31. The van der Waals surface area contributed by atoms with E-state index in [1.54, 1.807) is 11.3 Å². The van der Waals surface area contributed by atoms with Crippen molar-refractivity contribution in [3.05, 3.63) is 45.4 Å². The van der Waals surface area contributed by atoms with Gasteiger partial charge in [0.1, 0.15) is 11.6 Å². The van der Waals surface area contributed by atoms with Crippen LogP contribution in [0.15, 0.2) is 29.3 Å². The number of aromatic nitrogens is 2. The van der Waals surface area contributed by atoms with Crippen LogP contribution < -0.4 is 5.32 Å². The molecule has 0 spiro atoms. The Hall–Kier alpha value is -1.88. The zero-order valence-corrected chi connectivity index (χ0v) is 15.4. The van der Waals surface area contributed by atoms with Crippen molar-refractivity contribution in [2.75, 3.05) is 5.32 Å². The topological polar surface area (TPSA) is 46.9 Å². The van der Waals surface area contributed by atoms with Crippen molar-refractivity contribution < 1.29 is 4.79 Å². The van der Waals surface area contributed by atoms with Gasteiger partial charge in [0.05, 0.1) is 17.2 Å². The highest BCUT2D eigenvalue weighted by Gasteiger charge is 2.44. The fraction of sp³-hybridized carbons (Fsp3) is 0.474. The predicted octanol–water partition coefficient (Wildman–Crippen LogP) is 4.43. The first-order valence-corrected chi connectivity index (χ1v) is 9.39. The van der Waals surface area contributed by atoms with Crippen LogP contribution in [-0.4, -0.2) is 15.6 Å². The Balaban J connectivity index is 1.98. The third-order valence-electron chi connectivity index (χ3n) is 4.94. The lowest BCUT2D eigenvalue weighted by Gasteiger charge is -2.37. The molecule has 1 N–H and O–H groups in total. The van der Waals surface area contributed by atoms with E-state index in [1.807, 2.05) is 0 Å². The first kappa shape index (κ1) is 15.6. The highest BCUT2D eigenvalue weighted by molar-refractivity contribution is 7.10. The fourth-order valence-corrected chi connectivity index (χ4v) is 4.79. The van der Waals surface area contributed by atoms with Gasteiger partial charge in [-0.1, -0.05) is 12.1 Å². The third kappa shape index (κ3) is 2.25. The molecule has 0 fully saturated rings. The Morgan fingerprint density at radius 2 is 2.12 bits per heavy atom. The SMILES string of the molecule is Cc1nn(C(C)(C)C)c2c1[C@@H](c1cccs1)[C@@H]1C(=O)CCC=C1N2. The largest absolute Gasteiger partial charge is 0.343 e. The third-order valence-corrected chi connectivity index (χ3v) is 5.89. The van der Waals surface area contributed by atoms with Crippen LogP contribution in [0.5, 0.6) is 0 Å². The quantitative estimate of drug-likeness (QED) is 0.835. The van der Waals surface area contributed by atoms with Gasteiger partial charge in [-0.25, -0.2) is 4.68 Å². The van der Waals surface area contributed by atoms with Crippen LogP contribution in [0.25, 0.3) is 0 Å². The van der Waals surface area contributed by atoms with Gasteiger partial charge in [0.2, 0.25) is 0 Å². The van der Waals surface area contributed by atoms with E-state index in [2.05, 4.69) is 61.3 Å². The average molecular weight is 341 g/mol. The molecule has 2 aromatic heterocycles. The lowest BCUT2D eigenvalue weighted by atomic mass is 9.74. The molecule has 1 aliphatic heterocycles. The molecule has 0 unspecified atom stereocenters. The van der Waals surface area contributed by atoms with E-state index >= 15 is 0 Å².